The van der Waals surface area contributed by atoms with Gasteiger partial charge in [0.2, 0.25) is 0 Å². The Morgan fingerprint density at radius 1 is 1.10 bits per heavy atom. The third kappa shape index (κ3) is 3.28. The van der Waals surface area contributed by atoms with Crippen LogP contribution in [0.2, 0.25) is 0 Å². The lowest BCUT2D eigenvalue weighted by molar-refractivity contribution is 0.210. The molecular formula is C18H26BrN. The van der Waals surface area contributed by atoms with Gasteiger partial charge in [0.15, 0.2) is 0 Å². The number of benzene rings is 1. The summed E-state index contributed by atoms with van der Waals surface area (Å²) in [7, 11) is 0. The molecule has 0 aliphatic heterocycles. The Bertz CT molecular complexity index is 433. The smallest absolute Gasteiger partial charge is 0.0210 e. The van der Waals surface area contributed by atoms with E-state index in [0.29, 0.717) is 6.04 Å². The molecule has 20 heavy (non-hydrogen) atoms. The maximum absolute atomic E-state index is 3.89. The van der Waals surface area contributed by atoms with Gasteiger partial charge >= 0.3 is 0 Å². The monoisotopic (exact) mass is 335 g/mol. The first-order valence-electron chi connectivity index (χ1n) is 8.24. The Labute approximate surface area is 131 Å². The first-order valence-corrected chi connectivity index (χ1v) is 9.04. The van der Waals surface area contributed by atoms with Gasteiger partial charge in [-0.05, 0) is 56.1 Å². The lowest BCUT2D eigenvalue weighted by Gasteiger charge is -2.40. The molecule has 0 spiro atoms. The highest BCUT2D eigenvalue weighted by molar-refractivity contribution is 9.10. The number of hydrogen-bond acceptors (Lipinski definition) is 1. The van der Waals surface area contributed by atoms with Gasteiger partial charge in [0, 0.05) is 16.6 Å². The number of halogens is 1. The van der Waals surface area contributed by atoms with Crippen LogP contribution < -0.4 is 5.32 Å². The Balaban J connectivity index is 1.47. The maximum Gasteiger partial charge on any atom is 0.0210 e. The summed E-state index contributed by atoms with van der Waals surface area (Å²) in [4.78, 5) is 0. The number of rotatable bonds is 4. The van der Waals surface area contributed by atoms with Crippen LogP contribution >= 0.6 is 15.9 Å². The highest BCUT2D eigenvalue weighted by Crippen LogP contribution is 2.40. The third-order valence-electron chi connectivity index (χ3n) is 5.34. The molecule has 2 heteroatoms. The molecule has 1 unspecified atom stereocenters. The Morgan fingerprint density at radius 3 is 2.50 bits per heavy atom. The topological polar surface area (TPSA) is 12.0 Å². The van der Waals surface area contributed by atoms with Crippen molar-refractivity contribution in [1.82, 2.24) is 5.32 Å². The molecule has 1 N–H and O–H groups in total. The van der Waals surface area contributed by atoms with E-state index in [1.807, 2.05) is 0 Å². The molecule has 0 heterocycles. The van der Waals surface area contributed by atoms with Crippen LogP contribution in [0.3, 0.4) is 0 Å². The fraction of sp³-hybridized carbons (Fsp3) is 0.667. The molecule has 3 rings (SSSR count). The summed E-state index contributed by atoms with van der Waals surface area (Å²) < 4.78 is 1.28. The van der Waals surface area contributed by atoms with Gasteiger partial charge in [-0.3, -0.25) is 0 Å². The second kappa shape index (κ2) is 6.62. The Kier molecular flexibility index (Phi) is 4.83. The maximum atomic E-state index is 3.89. The number of hydrogen-bond donors (Lipinski definition) is 1. The van der Waals surface area contributed by atoms with Gasteiger partial charge in [-0.25, -0.2) is 0 Å². The van der Waals surface area contributed by atoms with Crippen molar-refractivity contribution in [2.24, 2.45) is 5.92 Å². The van der Waals surface area contributed by atoms with Gasteiger partial charge in [-0.1, -0.05) is 53.4 Å². The van der Waals surface area contributed by atoms with Crippen LogP contribution in [0.4, 0.5) is 0 Å². The summed E-state index contributed by atoms with van der Waals surface area (Å²) in [5.41, 5.74) is 1.50. The second-order valence-electron chi connectivity index (χ2n) is 6.74. The van der Waals surface area contributed by atoms with Crippen molar-refractivity contribution >= 4 is 15.9 Å². The zero-order chi connectivity index (χ0) is 13.9. The standard InChI is InChI=1S/C18H26BrN/c1-13(14-7-3-2-4-8-14)20-16-11-15(12-16)17-9-5-6-10-18(17)19/h5-6,9-10,13-16,20H,2-4,7-8,11-12H2,1H3. The van der Waals surface area contributed by atoms with E-state index in [0.717, 1.165) is 17.9 Å². The van der Waals surface area contributed by atoms with Crippen LogP contribution in [0, 0.1) is 5.92 Å². The fourth-order valence-electron chi connectivity index (χ4n) is 3.96. The normalized spacial score (nSPS) is 28.9. The van der Waals surface area contributed by atoms with Gasteiger partial charge < -0.3 is 5.32 Å². The SMILES string of the molecule is CC(NC1CC(c2ccccc2Br)C1)C1CCCCC1. The zero-order valence-electron chi connectivity index (χ0n) is 12.4. The lowest BCUT2D eigenvalue weighted by atomic mass is 9.75. The molecular weight excluding hydrogens is 310 g/mol. The van der Waals surface area contributed by atoms with E-state index in [4.69, 9.17) is 0 Å². The van der Waals surface area contributed by atoms with Crippen LogP contribution in [-0.2, 0) is 0 Å². The van der Waals surface area contributed by atoms with E-state index in [2.05, 4.69) is 52.4 Å². The molecule has 0 aromatic heterocycles. The molecule has 0 radical (unpaired) electrons. The average molecular weight is 336 g/mol. The van der Waals surface area contributed by atoms with Gasteiger partial charge in [-0.15, -0.1) is 0 Å². The summed E-state index contributed by atoms with van der Waals surface area (Å²) in [6, 6.07) is 10.2. The summed E-state index contributed by atoms with van der Waals surface area (Å²) >= 11 is 3.68. The molecule has 2 saturated carbocycles. The van der Waals surface area contributed by atoms with Crippen LogP contribution in [0.5, 0.6) is 0 Å². The van der Waals surface area contributed by atoms with E-state index in [9.17, 15) is 0 Å². The number of nitrogens with one attached hydrogen (secondary N) is 1. The molecule has 1 nitrogen and oxygen atoms in total. The fourth-order valence-corrected chi connectivity index (χ4v) is 4.56. The van der Waals surface area contributed by atoms with E-state index < -0.39 is 0 Å². The minimum absolute atomic E-state index is 0.709. The lowest BCUT2D eigenvalue weighted by Crippen LogP contribution is -2.47. The van der Waals surface area contributed by atoms with Gasteiger partial charge in [0.25, 0.3) is 0 Å². The quantitative estimate of drug-likeness (QED) is 0.791. The molecule has 0 amide bonds. The molecule has 0 saturated heterocycles. The van der Waals surface area contributed by atoms with Gasteiger partial charge in [0.05, 0.1) is 0 Å². The molecule has 1 aromatic rings. The van der Waals surface area contributed by atoms with Crippen LogP contribution in [-0.4, -0.2) is 12.1 Å². The predicted molar refractivity (Wildman–Crippen MR) is 89.1 cm³/mol. The van der Waals surface area contributed by atoms with Crippen LogP contribution in [0.15, 0.2) is 28.7 Å². The van der Waals surface area contributed by atoms with Crippen molar-refractivity contribution in [2.75, 3.05) is 0 Å². The molecule has 1 atom stereocenters. The highest BCUT2D eigenvalue weighted by atomic mass is 79.9. The summed E-state index contributed by atoms with van der Waals surface area (Å²) in [6.07, 6.45) is 9.83. The molecule has 1 aromatic carbocycles. The van der Waals surface area contributed by atoms with Crippen molar-refractivity contribution in [3.8, 4) is 0 Å². The van der Waals surface area contributed by atoms with E-state index >= 15 is 0 Å². The van der Waals surface area contributed by atoms with Crippen molar-refractivity contribution in [3.63, 3.8) is 0 Å². The second-order valence-corrected chi connectivity index (χ2v) is 7.59. The van der Waals surface area contributed by atoms with Crippen LogP contribution in [0.1, 0.15) is 63.4 Å². The molecule has 2 fully saturated rings. The zero-order valence-corrected chi connectivity index (χ0v) is 14.0. The molecule has 0 bridgehead atoms. The third-order valence-corrected chi connectivity index (χ3v) is 6.06. The van der Waals surface area contributed by atoms with E-state index in [-0.39, 0.29) is 0 Å². The minimum Gasteiger partial charge on any atom is -0.311 e. The molecule has 2 aliphatic rings. The Morgan fingerprint density at radius 2 is 1.80 bits per heavy atom. The first-order chi connectivity index (χ1) is 9.74. The van der Waals surface area contributed by atoms with Crippen molar-refractivity contribution in [3.05, 3.63) is 34.3 Å². The average Bonchev–Trinajstić information content (AvgIpc) is 2.44. The van der Waals surface area contributed by atoms with E-state index in [1.54, 1.807) is 0 Å². The van der Waals surface area contributed by atoms with E-state index in [1.165, 1.54) is 55.0 Å². The largest absolute Gasteiger partial charge is 0.311 e. The van der Waals surface area contributed by atoms with Crippen LogP contribution in [0.25, 0.3) is 0 Å². The van der Waals surface area contributed by atoms with Gasteiger partial charge in [-0.2, -0.15) is 0 Å². The summed E-state index contributed by atoms with van der Waals surface area (Å²) in [5.74, 6) is 1.67. The van der Waals surface area contributed by atoms with Gasteiger partial charge in [0.1, 0.15) is 0 Å². The minimum atomic E-state index is 0.709. The van der Waals surface area contributed by atoms with Crippen molar-refractivity contribution < 1.29 is 0 Å². The highest BCUT2D eigenvalue weighted by Gasteiger charge is 2.33. The first kappa shape index (κ1) is 14.6. The Hall–Kier alpha value is -0.340. The molecule has 110 valence electrons. The predicted octanol–water partition coefficient (Wildman–Crippen LogP) is 5.25. The van der Waals surface area contributed by atoms with Crippen molar-refractivity contribution in [1.29, 1.82) is 0 Å². The van der Waals surface area contributed by atoms with Crippen molar-refractivity contribution in [2.45, 2.75) is 69.9 Å². The summed E-state index contributed by atoms with van der Waals surface area (Å²) in [5, 5.41) is 3.89. The summed E-state index contributed by atoms with van der Waals surface area (Å²) in [6.45, 7) is 2.40. The molecule has 2 aliphatic carbocycles.